The predicted molar refractivity (Wildman–Crippen MR) is 71.8 cm³/mol. The van der Waals surface area contributed by atoms with Crippen LogP contribution < -0.4 is 5.32 Å². The number of carboxylic acids is 1. The topological polar surface area (TPSA) is 69.6 Å². The number of piperidine rings is 1. The molecule has 0 saturated carbocycles. The first-order chi connectivity index (χ1) is 8.98. The van der Waals surface area contributed by atoms with Crippen molar-refractivity contribution in [2.75, 3.05) is 13.1 Å². The molecule has 2 aliphatic rings. The van der Waals surface area contributed by atoms with Crippen LogP contribution in [0, 0.1) is 5.92 Å². The smallest absolute Gasteiger partial charge is 0.326 e. The lowest BCUT2D eigenvalue weighted by atomic mass is 9.87. The summed E-state index contributed by atoms with van der Waals surface area (Å²) in [4.78, 5) is 25.7. The number of carbonyl (C=O) groups is 2. The van der Waals surface area contributed by atoms with Crippen LogP contribution in [0.4, 0.5) is 0 Å². The molecule has 0 aliphatic carbocycles. The van der Waals surface area contributed by atoms with Crippen LogP contribution in [0.25, 0.3) is 0 Å². The lowest BCUT2D eigenvalue weighted by Crippen LogP contribution is -2.59. The van der Waals surface area contributed by atoms with Gasteiger partial charge in [-0.2, -0.15) is 0 Å². The highest BCUT2D eigenvalue weighted by atomic mass is 16.4. The molecule has 5 heteroatoms. The molecule has 0 aromatic heterocycles. The standard InChI is InChI=1S/C14H24N2O3/c1-3-10-5-8-16(11(9-10)12(17)18)13(19)14(2)6-4-7-15-14/h10-11,15H,3-9H2,1-2H3,(H,17,18). The number of rotatable bonds is 3. The van der Waals surface area contributed by atoms with Crippen molar-refractivity contribution in [3.8, 4) is 0 Å². The van der Waals surface area contributed by atoms with E-state index < -0.39 is 17.6 Å². The Hall–Kier alpha value is -1.10. The summed E-state index contributed by atoms with van der Waals surface area (Å²) in [5.41, 5.74) is -0.563. The Bertz CT molecular complexity index is 364. The molecule has 2 fully saturated rings. The molecule has 2 saturated heterocycles. The van der Waals surface area contributed by atoms with E-state index in [0.29, 0.717) is 18.9 Å². The van der Waals surface area contributed by atoms with E-state index in [1.807, 2.05) is 6.92 Å². The summed E-state index contributed by atoms with van der Waals surface area (Å²) in [6.07, 6.45) is 4.27. The van der Waals surface area contributed by atoms with Gasteiger partial charge in [-0.3, -0.25) is 4.79 Å². The molecule has 0 aromatic rings. The van der Waals surface area contributed by atoms with Crippen LogP contribution in [0.2, 0.25) is 0 Å². The van der Waals surface area contributed by atoms with Gasteiger partial charge in [0.2, 0.25) is 5.91 Å². The zero-order valence-corrected chi connectivity index (χ0v) is 11.8. The maximum Gasteiger partial charge on any atom is 0.326 e. The molecule has 3 atom stereocenters. The first kappa shape index (κ1) is 14.3. The molecule has 108 valence electrons. The Kier molecular flexibility index (Phi) is 4.13. The number of hydrogen-bond donors (Lipinski definition) is 2. The van der Waals surface area contributed by atoms with E-state index >= 15 is 0 Å². The van der Waals surface area contributed by atoms with Gasteiger partial charge in [-0.05, 0) is 45.1 Å². The average molecular weight is 268 g/mol. The van der Waals surface area contributed by atoms with Crippen molar-refractivity contribution in [1.82, 2.24) is 10.2 Å². The fourth-order valence-electron chi connectivity index (χ4n) is 3.28. The molecule has 2 aliphatic heterocycles. The second-order valence-corrected chi connectivity index (χ2v) is 6.01. The molecule has 0 bridgehead atoms. The van der Waals surface area contributed by atoms with Crippen LogP contribution in [-0.2, 0) is 9.59 Å². The third-order valence-electron chi connectivity index (χ3n) is 4.68. The quantitative estimate of drug-likeness (QED) is 0.807. The van der Waals surface area contributed by atoms with Crippen molar-refractivity contribution in [1.29, 1.82) is 0 Å². The minimum absolute atomic E-state index is 0.0352. The van der Waals surface area contributed by atoms with Crippen molar-refractivity contribution in [3.63, 3.8) is 0 Å². The number of amides is 1. The average Bonchev–Trinajstić information content (AvgIpc) is 2.85. The van der Waals surface area contributed by atoms with Gasteiger partial charge in [0.25, 0.3) is 0 Å². The summed E-state index contributed by atoms with van der Waals surface area (Å²) in [6, 6.07) is -0.648. The first-order valence-electron chi connectivity index (χ1n) is 7.27. The zero-order valence-electron chi connectivity index (χ0n) is 11.8. The molecule has 0 spiro atoms. The number of hydrogen-bond acceptors (Lipinski definition) is 3. The fraction of sp³-hybridized carbons (Fsp3) is 0.857. The van der Waals surface area contributed by atoms with Crippen LogP contribution in [0.3, 0.4) is 0 Å². The third kappa shape index (κ3) is 2.76. The van der Waals surface area contributed by atoms with E-state index in [1.54, 1.807) is 4.90 Å². The Morgan fingerprint density at radius 3 is 2.74 bits per heavy atom. The van der Waals surface area contributed by atoms with Crippen molar-refractivity contribution in [2.24, 2.45) is 5.92 Å². The molecule has 1 amide bonds. The van der Waals surface area contributed by atoms with E-state index in [9.17, 15) is 14.7 Å². The van der Waals surface area contributed by atoms with E-state index in [0.717, 1.165) is 32.2 Å². The SMILES string of the molecule is CCC1CCN(C(=O)C2(C)CCCN2)C(C(=O)O)C1. The first-order valence-corrected chi connectivity index (χ1v) is 7.27. The van der Waals surface area contributed by atoms with Gasteiger partial charge >= 0.3 is 5.97 Å². The van der Waals surface area contributed by atoms with Gasteiger partial charge < -0.3 is 15.3 Å². The van der Waals surface area contributed by atoms with Crippen LogP contribution in [0.5, 0.6) is 0 Å². The summed E-state index contributed by atoms with van der Waals surface area (Å²) in [5.74, 6) is -0.477. The third-order valence-corrected chi connectivity index (χ3v) is 4.68. The summed E-state index contributed by atoms with van der Waals surface area (Å²) in [7, 11) is 0. The number of carboxylic acid groups (broad SMARTS) is 1. The number of likely N-dealkylation sites (tertiary alicyclic amines) is 1. The van der Waals surface area contributed by atoms with E-state index in [4.69, 9.17) is 0 Å². The molecular formula is C14H24N2O3. The second kappa shape index (κ2) is 5.49. The van der Waals surface area contributed by atoms with Crippen molar-refractivity contribution < 1.29 is 14.7 Å². The van der Waals surface area contributed by atoms with Crippen LogP contribution in [0.1, 0.15) is 46.0 Å². The normalized spacial score (nSPS) is 35.4. The number of aliphatic carboxylic acids is 1. The highest BCUT2D eigenvalue weighted by Gasteiger charge is 2.44. The molecule has 2 heterocycles. The van der Waals surface area contributed by atoms with Gasteiger partial charge in [0.1, 0.15) is 6.04 Å². The van der Waals surface area contributed by atoms with Crippen LogP contribution in [0.15, 0.2) is 0 Å². The zero-order chi connectivity index (χ0) is 14.0. The number of carbonyl (C=O) groups excluding carboxylic acids is 1. The van der Waals surface area contributed by atoms with Gasteiger partial charge in [0.15, 0.2) is 0 Å². The maximum atomic E-state index is 12.6. The maximum absolute atomic E-state index is 12.6. The lowest BCUT2D eigenvalue weighted by Gasteiger charge is -2.40. The Labute approximate surface area is 114 Å². The highest BCUT2D eigenvalue weighted by Crippen LogP contribution is 2.29. The van der Waals surface area contributed by atoms with Crippen LogP contribution in [-0.4, -0.2) is 46.6 Å². The summed E-state index contributed by atoms with van der Waals surface area (Å²) >= 11 is 0. The van der Waals surface area contributed by atoms with E-state index in [-0.39, 0.29) is 5.91 Å². The Morgan fingerprint density at radius 2 is 2.21 bits per heavy atom. The van der Waals surface area contributed by atoms with Gasteiger partial charge in [0.05, 0.1) is 5.54 Å². The molecule has 0 aromatic carbocycles. The van der Waals surface area contributed by atoms with Crippen LogP contribution >= 0.6 is 0 Å². The summed E-state index contributed by atoms with van der Waals surface area (Å²) in [5, 5.41) is 12.6. The lowest BCUT2D eigenvalue weighted by molar-refractivity contribution is -0.155. The Morgan fingerprint density at radius 1 is 1.47 bits per heavy atom. The predicted octanol–water partition coefficient (Wildman–Crippen LogP) is 1.23. The van der Waals surface area contributed by atoms with Crippen molar-refractivity contribution >= 4 is 11.9 Å². The molecule has 3 unspecified atom stereocenters. The number of nitrogens with zero attached hydrogens (tertiary/aromatic N) is 1. The summed E-state index contributed by atoms with van der Waals surface area (Å²) in [6.45, 7) is 5.39. The van der Waals surface area contributed by atoms with Crippen molar-refractivity contribution in [3.05, 3.63) is 0 Å². The minimum atomic E-state index is -0.868. The van der Waals surface area contributed by atoms with Gasteiger partial charge in [0, 0.05) is 6.54 Å². The molecule has 5 nitrogen and oxygen atoms in total. The monoisotopic (exact) mass is 268 g/mol. The largest absolute Gasteiger partial charge is 0.480 e. The van der Waals surface area contributed by atoms with E-state index in [2.05, 4.69) is 12.2 Å². The van der Waals surface area contributed by atoms with Gasteiger partial charge in [-0.25, -0.2) is 4.79 Å². The molecule has 2 rings (SSSR count). The van der Waals surface area contributed by atoms with Gasteiger partial charge in [-0.1, -0.05) is 13.3 Å². The van der Waals surface area contributed by atoms with Crippen molar-refractivity contribution in [2.45, 2.75) is 57.5 Å². The van der Waals surface area contributed by atoms with Gasteiger partial charge in [-0.15, -0.1) is 0 Å². The molecule has 0 radical (unpaired) electrons. The summed E-state index contributed by atoms with van der Waals surface area (Å²) < 4.78 is 0. The molecular weight excluding hydrogens is 244 g/mol. The minimum Gasteiger partial charge on any atom is -0.480 e. The Balaban J connectivity index is 2.13. The molecule has 2 N–H and O–H groups in total. The van der Waals surface area contributed by atoms with E-state index in [1.165, 1.54) is 0 Å². The highest BCUT2D eigenvalue weighted by molar-refractivity contribution is 5.90. The number of nitrogens with one attached hydrogen (secondary N) is 1. The fourth-order valence-corrected chi connectivity index (χ4v) is 3.28. The second-order valence-electron chi connectivity index (χ2n) is 6.01. The molecule has 19 heavy (non-hydrogen) atoms.